The fraction of sp³-hybridized carbons (Fsp3) is 0.286. The van der Waals surface area contributed by atoms with E-state index in [1.54, 1.807) is 19.1 Å². The Kier molecular flexibility index (Phi) is 5.38. The topological polar surface area (TPSA) is 102 Å². The van der Waals surface area contributed by atoms with Crippen LogP contribution in [0.3, 0.4) is 0 Å². The normalized spacial score (nSPS) is 23.0. The second-order valence-electron chi connectivity index (χ2n) is 7.47. The van der Waals surface area contributed by atoms with E-state index in [4.69, 9.17) is 21.1 Å². The van der Waals surface area contributed by atoms with Crippen molar-refractivity contribution in [3.05, 3.63) is 52.5 Å². The van der Waals surface area contributed by atoms with Crippen LogP contribution in [0.15, 0.2) is 36.4 Å². The number of Topliss-reactive ketones (excluding diaryl/α,β-unsaturated/α-hetero) is 1. The zero-order valence-electron chi connectivity index (χ0n) is 15.9. The molecule has 0 radical (unpaired) electrons. The van der Waals surface area contributed by atoms with Crippen LogP contribution in [-0.4, -0.2) is 39.5 Å². The molecule has 2 aromatic rings. The number of amides is 2. The molecular formula is C21H18ClNO6S. The number of rotatable bonds is 5. The van der Waals surface area contributed by atoms with Gasteiger partial charge < -0.3 is 14.6 Å². The molecule has 2 atom stereocenters. The van der Waals surface area contributed by atoms with E-state index in [2.05, 4.69) is 5.32 Å². The maximum atomic E-state index is 12.5. The number of phenolic OH excluding ortho intramolecular Hbond substituents is 1. The number of thioether (sulfide) groups is 1. The highest BCUT2D eigenvalue weighted by atomic mass is 35.5. The van der Waals surface area contributed by atoms with Gasteiger partial charge in [0.1, 0.15) is 29.5 Å². The number of imide groups is 1. The highest BCUT2D eigenvalue weighted by Crippen LogP contribution is 2.39. The van der Waals surface area contributed by atoms with E-state index in [9.17, 15) is 19.5 Å². The van der Waals surface area contributed by atoms with Crippen LogP contribution in [0.1, 0.15) is 29.3 Å². The first-order valence-corrected chi connectivity index (χ1v) is 10.5. The van der Waals surface area contributed by atoms with E-state index in [0.717, 1.165) is 17.3 Å². The fourth-order valence-corrected chi connectivity index (χ4v) is 4.38. The molecule has 30 heavy (non-hydrogen) atoms. The van der Waals surface area contributed by atoms with Gasteiger partial charge >= 0.3 is 0 Å². The van der Waals surface area contributed by atoms with Gasteiger partial charge in [-0.05, 0) is 37.1 Å². The number of benzene rings is 2. The van der Waals surface area contributed by atoms with Crippen LogP contribution in [0.2, 0.25) is 5.02 Å². The number of hydrogen-bond donors (Lipinski definition) is 2. The monoisotopic (exact) mass is 447 g/mol. The lowest BCUT2D eigenvalue weighted by atomic mass is 9.92. The van der Waals surface area contributed by atoms with Gasteiger partial charge in [0.25, 0.3) is 5.24 Å². The Bertz CT molecular complexity index is 1040. The Morgan fingerprint density at radius 3 is 2.67 bits per heavy atom. The SMILES string of the molecule is CC1(COc2ccc(CC3SC(=O)NC3=O)cc2)CC(=O)c2cc(O)c(Cl)cc2O1. The predicted molar refractivity (Wildman–Crippen MR) is 112 cm³/mol. The van der Waals surface area contributed by atoms with Gasteiger partial charge in [0.2, 0.25) is 5.91 Å². The summed E-state index contributed by atoms with van der Waals surface area (Å²) in [5.74, 6) is 0.310. The third-order valence-corrected chi connectivity index (χ3v) is 6.18. The highest BCUT2D eigenvalue weighted by molar-refractivity contribution is 8.15. The van der Waals surface area contributed by atoms with Crippen molar-refractivity contribution in [3.63, 3.8) is 0 Å². The molecule has 2 heterocycles. The molecule has 1 saturated heterocycles. The molecule has 2 amide bonds. The van der Waals surface area contributed by atoms with Gasteiger partial charge in [0.05, 0.1) is 22.3 Å². The summed E-state index contributed by atoms with van der Waals surface area (Å²) >= 11 is 6.93. The third-order valence-electron chi connectivity index (χ3n) is 4.90. The summed E-state index contributed by atoms with van der Waals surface area (Å²) in [6.07, 6.45) is 0.545. The van der Waals surface area contributed by atoms with Crippen molar-refractivity contribution in [2.24, 2.45) is 0 Å². The highest BCUT2D eigenvalue weighted by Gasteiger charge is 2.38. The molecular weight excluding hydrogens is 430 g/mol. The number of ether oxygens (including phenoxy) is 2. The maximum Gasteiger partial charge on any atom is 0.286 e. The van der Waals surface area contributed by atoms with Crippen molar-refractivity contribution in [1.29, 1.82) is 0 Å². The van der Waals surface area contributed by atoms with Crippen LogP contribution < -0.4 is 14.8 Å². The Hall–Kier alpha value is -2.71. The number of hydrogen-bond acceptors (Lipinski definition) is 7. The zero-order valence-corrected chi connectivity index (χ0v) is 17.5. The summed E-state index contributed by atoms with van der Waals surface area (Å²) in [6, 6.07) is 9.95. The van der Waals surface area contributed by atoms with Gasteiger partial charge in [0, 0.05) is 6.07 Å². The molecule has 2 unspecified atom stereocenters. The quantitative estimate of drug-likeness (QED) is 0.719. The zero-order chi connectivity index (χ0) is 21.5. The third kappa shape index (κ3) is 4.24. The first-order valence-electron chi connectivity index (χ1n) is 9.20. The minimum Gasteiger partial charge on any atom is -0.506 e. The molecule has 2 N–H and O–H groups in total. The average Bonchev–Trinajstić information content (AvgIpc) is 3.00. The van der Waals surface area contributed by atoms with E-state index in [1.807, 2.05) is 12.1 Å². The molecule has 7 nitrogen and oxygen atoms in total. The van der Waals surface area contributed by atoms with E-state index in [-0.39, 0.29) is 40.7 Å². The molecule has 2 aliphatic rings. The molecule has 156 valence electrons. The van der Waals surface area contributed by atoms with Gasteiger partial charge in [0.15, 0.2) is 5.78 Å². The van der Waals surface area contributed by atoms with Crippen molar-refractivity contribution >= 4 is 40.3 Å². The maximum absolute atomic E-state index is 12.5. The van der Waals surface area contributed by atoms with Gasteiger partial charge in [-0.15, -0.1) is 0 Å². The smallest absolute Gasteiger partial charge is 0.286 e. The number of aromatic hydroxyl groups is 1. The average molecular weight is 448 g/mol. The van der Waals surface area contributed by atoms with Gasteiger partial charge in [-0.3, -0.25) is 19.7 Å². The van der Waals surface area contributed by atoms with Crippen molar-refractivity contribution in [3.8, 4) is 17.2 Å². The van der Waals surface area contributed by atoms with Crippen LogP contribution in [0, 0.1) is 0 Å². The fourth-order valence-electron chi connectivity index (χ4n) is 3.36. The molecule has 0 aromatic heterocycles. The number of ketones is 1. The summed E-state index contributed by atoms with van der Waals surface area (Å²) in [5, 5.41) is 11.4. The first kappa shape index (κ1) is 20.6. The van der Waals surface area contributed by atoms with Crippen LogP contribution in [-0.2, 0) is 11.2 Å². The minimum absolute atomic E-state index is 0.0984. The molecule has 2 aromatic carbocycles. The summed E-state index contributed by atoms with van der Waals surface area (Å²) in [5.41, 5.74) is 0.316. The van der Waals surface area contributed by atoms with E-state index < -0.39 is 10.9 Å². The Morgan fingerprint density at radius 2 is 2.00 bits per heavy atom. The van der Waals surface area contributed by atoms with E-state index in [1.165, 1.54) is 12.1 Å². The summed E-state index contributed by atoms with van der Waals surface area (Å²) in [6.45, 7) is 1.90. The predicted octanol–water partition coefficient (Wildman–Crippen LogP) is 3.74. The van der Waals surface area contributed by atoms with Crippen LogP contribution in [0.4, 0.5) is 4.79 Å². The van der Waals surface area contributed by atoms with Crippen molar-refractivity contribution in [2.75, 3.05) is 6.61 Å². The largest absolute Gasteiger partial charge is 0.506 e. The number of carbonyl (C=O) groups excluding carboxylic acids is 3. The minimum atomic E-state index is -0.887. The summed E-state index contributed by atoms with van der Waals surface area (Å²) < 4.78 is 11.8. The summed E-state index contributed by atoms with van der Waals surface area (Å²) in [7, 11) is 0. The molecule has 9 heteroatoms. The number of halogens is 1. The van der Waals surface area contributed by atoms with Gasteiger partial charge in [-0.2, -0.15) is 0 Å². The lowest BCUT2D eigenvalue weighted by Gasteiger charge is -2.34. The lowest BCUT2D eigenvalue weighted by molar-refractivity contribution is -0.118. The molecule has 4 rings (SSSR count). The molecule has 2 aliphatic heterocycles. The molecule has 0 bridgehead atoms. The van der Waals surface area contributed by atoms with E-state index in [0.29, 0.717) is 23.5 Å². The van der Waals surface area contributed by atoms with Crippen LogP contribution >= 0.6 is 23.4 Å². The van der Waals surface area contributed by atoms with Crippen molar-refractivity contribution in [2.45, 2.75) is 30.6 Å². The second-order valence-corrected chi connectivity index (χ2v) is 9.05. The van der Waals surface area contributed by atoms with Crippen molar-refractivity contribution < 1.29 is 29.0 Å². The van der Waals surface area contributed by atoms with Gasteiger partial charge in [-0.25, -0.2) is 0 Å². The number of carbonyl (C=O) groups is 3. The molecule has 0 spiro atoms. The lowest BCUT2D eigenvalue weighted by Crippen LogP contribution is -2.44. The van der Waals surface area contributed by atoms with Crippen LogP contribution in [0.25, 0.3) is 0 Å². The molecule has 0 aliphatic carbocycles. The van der Waals surface area contributed by atoms with Crippen molar-refractivity contribution in [1.82, 2.24) is 5.32 Å². The number of fused-ring (bicyclic) bond motifs is 1. The number of phenols is 1. The second kappa shape index (κ2) is 7.85. The Balaban J connectivity index is 1.39. The standard InChI is InChI=1S/C21H18ClNO6S/c1-21(9-16(25)13-7-15(24)14(22)8-17(13)29-21)10-28-12-4-2-11(3-5-12)6-18-19(26)23-20(27)30-18/h2-5,7-8,18,24H,6,9-10H2,1H3,(H,23,26,27). The van der Waals surface area contributed by atoms with Crippen LogP contribution in [0.5, 0.6) is 17.2 Å². The molecule has 0 saturated carbocycles. The molecule has 1 fully saturated rings. The Labute approximate surface area is 181 Å². The van der Waals surface area contributed by atoms with E-state index >= 15 is 0 Å². The summed E-state index contributed by atoms with van der Waals surface area (Å²) in [4.78, 5) is 35.4. The van der Waals surface area contributed by atoms with Gasteiger partial charge in [-0.1, -0.05) is 35.5 Å². The number of nitrogens with one attached hydrogen (secondary N) is 1. The first-order chi connectivity index (χ1) is 14.2. The Morgan fingerprint density at radius 1 is 1.27 bits per heavy atom.